The molecule has 0 spiro atoms. The number of unbranched alkanes of at least 4 members (excludes halogenated alkanes) is 4. The molecule has 21 heavy (non-hydrogen) atoms. The highest BCUT2D eigenvalue weighted by Crippen LogP contribution is 2.20. The maximum Gasteiger partial charge on any atom is 0.337 e. The third kappa shape index (κ3) is 4.13. The number of carbonyl (C=O) groups excluding carboxylic acids is 1. The molecule has 0 saturated carbocycles. The highest BCUT2D eigenvalue weighted by atomic mass is 16.5. The molecular weight excluding hydrogens is 264 g/mol. The van der Waals surface area contributed by atoms with Gasteiger partial charge in [-0.15, -0.1) is 0 Å². The Hall–Kier alpha value is -2.21. The molecule has 0 N–H and O–H groups in total. The van der Waals surface area contributed by atoms with Gasteiger partial charge in [0.1, 0.15) is 5.58 Å². The van der Waals surface area contributed by atoms with Crippen molar-refractivity contribution in [2.75, 3.05) is 7.11 Å². The van der Waals surface area contributed by atoms with Crippen LogP contribution in [0.4, 0.5) is 0 Å². The van der Waals surface area contributed by atoms with Gasteiger partial charge in [-0.3, -0.25) is 0 Å². The highest BCUT2D eigenvalue weighted by Gasteiger charge is 2.08. The molecule has 1 aromatic heterocycles. The smallest absolute Gasteiger partial charge is 0.337 e. The topological polar surface area (TPSA) is 39.4 Å². The molecule has 0 bridgehead atoms. The summed E-state index contributed by atoms with van der Waals surface area (Å²) >= 11 is 0. The molecule has 2 rings (SSSR count). The molecule has 3 heteroatoms. The number of benzene rings is 1. The third-order valence-corrected chi connectivity index (χ3v) is 3.30. The van der Waals surface area contributed by atoms with E-state index in [9.17, 15) is 4.79 Å². The number of carbonyl (C=O) groups is 1. The largest absolute Gasteiger partial charge is 0.465 e. The molecule has 0 atom stereocenters. The van der Waals surface area contributed by atoms with Crippen molar-refractivity contribution in [1.29, 1.82) is 0 Å². The van der Waals surface area contributed by atoms with E-state index in [2.05, 4.69) is 18.8 Å². The summed E-state index contributed by atoms with van der Waals surface area (Å²) in [4.78, 5) is 11.5. The quantitative estimate of drug-likeness (QED) is 0.459. The molecule has 0 aliphatic carbocycles. The summed E-state index contributed by atoms with van der Waals surface area (Å²) in [5, 5.41) is 0.869. The first-order chi connectivity index (χ1) is 10.2. The molecule has 0 aliphatic rings. The number of esters is 1. The van der Waals surface area contributed by atoms with Crippen LogP contribution in [0.3, 0.4) is 0 Å². The van der Waals surface area contributed by atoms with Crippen molar-refractivity contribution in [3.05, 3.63) is 35.6 Å². The van der Waals surface area contributed by atoms with Crippen LogP contribution in [0.5, 0.6) is 0 Å². The minimum Gasteiger partial charge on any atom is -0.465 e. The highest BCUT2D eigenvalue weighted by molar-refractivity contribution is 5.94. The Morgan fingerprint density at radius 2 is 2.10 bits per heavy atom. The fourth-order valence-corrected chi connectivity index (χ4v) is 2.14. The van der Waals surface area contributed by atoms with Crippen LogP contribution in [0, 0.1) is 11.8 Å². The lowest BCUT2D eigenvalue weighted by Gasteiger charge is -1.97. The van der Waals surface area contributed by atoms with Crippen LogP contribution in [0.1, 0.15) is 55.1 Å². The number of ether oxygens (including phenoxy) is 1. The van der Waals surface area contributed by atoms with E-state index in [0.717, 1.165) is 23.8 Å². The van der Waals surface area contributed by atoms with Crippen molar-refractivity contribution in [2.45, 2.75) is 39.0 Å². The molecular formula is C18H20O3. The minimum atomic E-state index is -0.346. The summed E-state index contributed by atoms with van der Waals surface area (Å²) in [6.07, 6.45) is 5.76. The average Bonchev–Trinajstić information content (AvgIpc) is 2.91. The number of fused-ring (bicyclic) bond motifs is 1. The normalized spacial score (nSPS) is 10.2. The van der Waals surface area contributed by atoms with Crippen molar-refractivity contribution >= 4 is 16.9 Å². The first kappa shape index (κ1) is 15.2. The van der Waals surface area contributed by atoms with Crippen LogP contribution in [-0.2, 0) is 4.74 Å². The van der Waals surface area contributed by atoms with Crippen LogP contribution in [0.15, 0.2) is 28.7 Å². The lowest BCUT2D eigenvalue weighted by Crippen LogP contribution is -1.99. The van der Waals surface area contributed by atoms with Gasteiger partial charge in [-0.2, -0.15) is 0 Å². The fraction of sp³-hybridized carbons (Fsp3) is 0.389. The molecule has 0 aliphatic heterocycles. The van der Waals surface area contributed by atoms with Crippen LogP contribution >= 0.6 is 0 Å². The van der Waals surface area contributed by atoms with Crippen molar-refractivity contribution in [3.63, 3.8) is 0 Å². The molecule has 2 aromatic rings. The molecule has 1 heterocycles. The number of methoxy groups -OCH3 is 1. The van der Waals surface area contributed by atoms with E-state index in [0.29, 0.717) is 11.3 Å². The van der Waals surface area contributed by atoms with Crippen LogP contribution < -0.4 is 0 Å². The zero-order valence-electron chi connectivity index (χ0n) is 12.6. The summed E-state index contributed by atoms with van der Waals surface area (Å²) in [6.45, 7) is 2.20. The van der Waals surface area contributed by atoms with Gasteiger partial charge in [0.15, 0.2) is 5.76 Å². The average molecular weight is 284 g/mol. The SMILES string of the molecule is CCCCCCC#Cc1cc2cc(C(=O)OC)ccc2o1. The summed E-state index contributed by atoms with van der Waals surface area (Å²) in [7, 11) is 1.37. The first-order valence-electron chi connectivity index (χ1n) is 7.35. The van der Waals surface area contributed by atoms with Gasteiger partial charge in [-0.25, -0.2) is 4.79 Å². The third-order valence-electron chi connectivity index (χ3n) is 3.30. The lowest BCUT2D eigenvalue weighted by atomic mass is 10.1. The maximum absolute atomic E-state index is 11.5. The zero-order chi connectivity index (χ0) is 15.1. The second kappa shape index (κ2) is 7.54. The monoisotopic (exact) mass is 284 g/mol. The second-order valence-electron chi connectivity index (χ2n) is 4.97. The van der Waals surface area contributed by atoms with Crippen LogP contribution in [0.2, 0.25) is 0 Å². The van der Waals surface area contributed by atoms with Gasteiger partial charge in [0.05, 0.1) is 12.7 Å². The van der Waals surface area contributed by atoms with E-state index in [-0.39, 0.29) is 5.97 Å². The number of furan rings is 1. The zero-order valence-corrected chi connectivity index (χ0v) is 12.6. The van der Waals surface area contributed by atoms with Gasteiger partial charge in [0.25, 0.3) is 0 Å². The predicted octanol–water partition coefficient (Wildman–Crippen LogP) is 4.54. The Labute approximate surface area is 125 Å². The molecule has 0 radical (unpaired) electrons. The van der Waals surface area contributed by atoms with Crippen LogP contribution in [-0.4, -0.2) is 13.1 Å². The van der Waals surface area contributed by atoms with Crippen molar-refractivity contribution < 1.29 is 13.9 Å². The summed E-state index contributed by atoms with van der Waals surface area (Å²) in [6, 6.07) is 7.09. The standard InChI is InChI=1S/C18H20O3/c1-3-4-5-6-7-8-9-16-13-15-12-14(18(19)20-2)10-11-17(15)21-16/h10-13H,3-7H2,1-2H3. The Morgan fingerprint density at radius 3 is 2.86 bits per heavy atom. The molecule has 0 amide bonds. The Bertz CT molecular complexity index is 671. The van der Waals surface area contributed by atoms with E-state index in [4.69, 9.17) is 9.15 Å². The molecule has 0 fully saturated rings. The van der Waals surface area contributed by atoms with Gasteiger partial charge in [-0.1, -0.05) is 32.1 Å². The van der Waals surface area contributed by atoms with Crippen molar-refractivity contribution in [1.82, 2.24) is 0 Å². The second-order valence-corrected chi connectivity index (χ2v) is 4.97. The van der Waals surface area contributed by atoms with E-state index < -0.39 is 0 Å². The molecule has 0 unspecified atom stereocenters. The Balaban J connectivity index is 2.05. The molecule has 110 valence electrons. The van der Waals surface area contributed by atoms with Crippen molar-refractivity contribution in [2.24, 2.45) is 0 Å². The number of rotatable bonds is 5. The molecule has 3 nitrogen and oxygen atoms in total. The van der Waals surface area contributed by atoms with E-state index in [1.807, 2.05) is 6.07 Å². The molecule has 1 aromatic carbocycles. The first-order valence-corrected chi connectivity index (χ1v) is 7.35. The van der Waals surface area contributed by atoms with Gasteiger partial charge in [0, 0.05) is 17.9 Å². The molecule has 0 saturated heterocycles. The van der Waals surface area contributed by atoms with Gasteiger partial charge < -0.3 is 9.15 Å². The van der Waals surface area contributed by atoms with Crippen LogP contribution in [0.25, 0.3) is 11.0 Å². The van der Waals surface area contributed by atoms with Crippen molar-refractivity contribution in [3.8, 4) is 11.8 Å². The van der Waals surface area contributed by atoms with Gasteiger partial charge in [0.2, 0.25) is 0 Å². The lowest BCUT2D eigenvalue weighted by molar-refractivity contribution is 0.0601. The maximum atomic E-state index is 11.5. The summed E-state index contributed by atoms with van der Waals surface area (Å²) < 4.78 is 10.3. The predicted molar refractivity (Wildman–Crippen MR) is 83.2 cm³/mol. The number of hydrogen-bond acceptors (Lipinski definition) is 3. The summed E-state index contributed by atoms with van der Waals surface area (Å²) in [5.74, 6) is 6.47. The summed E-state index contributed by atoms with van der Waals surface area (Å²) in [5.41, 5.74) is 1.25. The van der Waals surface area contributed by atoms with Gasteiger partial charge >= 0.3 is 5.97 Å². The Kier molecular flexibility index (Phi) is 5.45. The number of hydrogen-bond donors (Lipinski definition) is 0. The Morgan fingerprint density at radius 1 is 1.24 bits per heavy atom. The van der Waals surface area contributed by atoms with E-state index in [1.165, 1.54) is 26.4 Å². The van der Waals surface area contributed by atoms with E-state index >= 15 is 0 Å². The van der Waals surface area contributed by atoms with E-state index in [1.54, 1.807) is 18.2 Å². The minimum absolute atomic E-state index is 0.346. The van der Waals surface area contributed by atoms with Gasteiger partial charge in [-0.05, 0) is 30.5 Å². The fourth-order valence-electron chi connectivity index (χ4n) is 2.14.